The van der Waals surface area contributed by atoms with Crippen molar-refractivity contribution in [2.45, 2.75) is 44.6 Å². The molecule has 1 heterocycles. The number of hydrogen-bond donors (Lipinski definition) is 1. The Kier molecular flexibility index (Phi) is 3.37. The van der Waals surface area contributed by atoms with Gasteiger partial charge in [0.25, 0.3) is 0 Å². The van der Waals surface area contributed by atoms with Crippen LogP contribution < -0.4 is 5.32 Å². The Balaban J connectivity index is 1.75. The van der Waals surface area contributed by atoms with Gasteiger partial charge in [-0.25, -0.2) is 0 Å². The van der Waals surface area contributed by atoms with Gasteiger partial charge >= 0.3 is 0 Å². The maximum Gasteiger partial charge on any atom is 0.0270 e. The highest BCUT2D eigenvalue weighted by Crippen LogP contribution is 2.34. The summed E-state index contributed by atoms with van der Waals surface area (Å²) in [6.45, 7) is 3.39. The molecule has 0 atom stereocenters. The molecule has 1 aliphatic carbocycles. The van der Waals surface area contributed by atoms with Crippen LogP contribution in [0.2, 0.25) is 0 Å². The number of nitrogens with zero attached hydrogens (tertiary/aromatic N) is 1. The first-order chi connectivity index (χ1) is 7.35. The summed E-state index contributed by atoms with van der Waals surface area (Å²) in [6.07, 6.45) is 10.2. The fourth-order valence-electron chi connectivity index (χ4n) is 2.28. The van der Waals surface area contributed by atoms with Crippen molar-refractivity contribution in [1.82, 2.24) is 10.3 Å². The normalized spacial score (nSPS) is 18.5. The summed E-state index contributed by atoms with van der Waals surface area (Å²) >= 11 is 0. The molecule has 15 heavy (non-hydrogen) atoms. The van der Waals surface area contributed by atoms with Gasteiger partial charge in [0.15, 0.2) is 0 Å². The quantitative estimate of drug-likeness (QED) is 0.797. The molecular formula is C13H20N2. The van der Waals surface area contributed by atoms with Gasteiger partial charge in [0.2, 0.25) is 0 Å². The molecule has 0 saturated heterocycles. The molecule has 2 heteroatoms. The minimum Gasteiger partial charge on any atom is -0.311 e. The first-order valence-electron chi connectivity index (χ1n) is 5.99. The largest absolute Gasteiger partial charge is 0.311 e. The zero-order valence-corrected chi connectivity index (χ0v) is 9.50. The summed E-state index contributed by atoms with van der Waals surface area (Å²) in [5, 5.41) is 3.71. The Hall–Kier alpha value is -0.890. The van der Waals surface area contributed by atoms with E-state index in [-0.39, 0.29) is 0 Å². The van der Waals surface area contributed by atoms with E-state index >= 15 is 0 Å². The molecule has 2 rings (SSSR count). The fraction of sp³-hybridized carbons (Fsp3) is 0.615. The number of pyridine rings is 1. The summed E-state index contributed by atoms with van der Waals surface area (Å²) in [4.78, 5) is 4.03. The topological polar surface area (TPSA) is 24.9 Å². The standard InChI is InChI=1S/C13H20N2/c1-2-13(7-3-8-13)15-11-6-12-4-9-14-10-5-12/h4-5,9-10,15H,2-3,6-8,11H2,1H3. The SMILES string of the molecule is CCC1(NCCc2ccncc2)CCC1. The summed E-state index contributed by atoms with van der Waals surface area (Å²) in [7, 11) is 0. The number of aromatic nitrogens is 1. The Bertz CT molecular complexity index is 285. The van der Waals surface area contributed by atoms with Crippen molar-refractivity contribution in [3.63, 3.8) is 0 Å². The molecule has 0 aliphatic heterocycles. The molecule has 1 aromatic heterocycles. The van der Waals surface area contributed by atoms with Gasteiger partial charge in [-0.3, -0.25) is 4.98 Å². The second kappa shape index (κ2) is 4.75. The maximum atomic E-state index is 4.03. The smallest absolute Gasteiger partial charge is 0.0270 e. The van der Waals surface area contributed by atoms with E-state index in [1.807, 2.05) is 12.4 Å². The lowest BCUT2D eigenvalue weighted by Crippen LogP contribution is -2.51. The van der Waals surface area contributed by atoms with Gasteiger partial charge in [-0.2, -0.15) is 0 Å². The average molecular weight is 204 g/mol. The second-order valence-corrected chi connectivity index (χ2v) is 4.52. The molecule has 0 radical (unpaired) electrons. The molecule has 82 valence electrons. The van der Waals surface area contributed by atoms with Crippen LogP contribution >= 0.6 is 0 Å². The van der Waals surface area contributed by atoms with Crippen LogP contribution in [0, 0.1) is 0 Å². The van der Waals surface area contributed by atoms with E-state index in [1.165, 1.54) is 31.2 Å². The van der Waals surface area contributed by atoms with Gasteiger partial charge < -0.3 is 5.32 Å². The molecule has 1 aromatic rings. The van der Waals surface area contributed by atoms with Crippen LogP contribution in [0.3, 0.4) is 0 Å². The summed E-state index contributed by atoms with van der Waals surface area (Å²) in [5.74, 6) is 0. The molecule has 1 aliphatic rings. The molecule has 0 unspecified atom stereocenters. The highest BCUT2D eigenvalue weighted by atomic mass is 15.0. The Morgan fingerprint density at radius 1 is 1.33 bits per heavy atom. The van der Waals surface area contributed by atoms with Crippen molar-refractivity contribution < 1.29 is 0 Å². The van der Waals surface area contributed by atoms with Crippen molar-refractivity contribution >= 4 is 0 Å². The zero-order valence-electron chi connectivity index (χ0n) is 9.50. The van der Waals surface area contributed by atoms with Crippen molar-refractivity contribution in [3.05, 3.63) is 30.1 Å². The molecule has 2 nitrogen and oxygen atoms in total. The van der Waals surface area contributed by atoms with Crippen LogP contribution in [0.1, 0.15) is 38.2 Å². The van der Waals surface area contributed by atoms with E-state index in [9.17, 15) is 0 Å². The van der Waals surface area contributed by atoms with E-state index in [4.69, 9.17) is 0 Å². The second-order valence-electron chi connectivity index (χ2n) is 4.52. The lowest BCUT2D eigenvalue weighted by atomic mass is 9.75. The molecule has 0 amide bonds. The van der Waals surface area contributed by atoms with Crippen LogP contribution in [0.25, 0.3) is 0 Å². The van der Waals surface area contributed by atoms with Crippen LogP contribution in [-0.2, 0) is 6.42 Å². The van der Waals surface area contributed by atoms with E-state index < -0.39 is 0 Å². The minimum atomic E-state index is 0.479. The molecule has 1 N–H and O–H groups in total. The van der Waals surface area contributed by atoms with Gasteiger partial charge in [-0.1, -0.05) is 6.92 Å². The third-order valence-electron chi connectivity index (χ3n) is 3.65. The van der Waals surface area contributed by atoms with Gasteiger partial charge in [-0.05, 0) is 56.3 Å². The van der Waals surface area contributed by atoms with Gasteiger partial charge in [-0.15, -0.1) is 0 Å². The van der Waals surface area contributed by atoms with Crippen LogP contribution in [0.15, 0.2) is 24.5 Å². The number of rotatable bonds is 5. The lowest BCUT2D eigenvalue weighted by Gasteiger charge is -2.42. The van der Waals surface area contributed by atoms with Crippen molar-refractivity contribution in [1.29, 1.82) is 0 Å². The predicted octanol–water partition coefficient (Wildman–Crippen LogP) is 2.55. The zero-order chi connectivity index (χ0) is 10.6. The fourth-order valence-corrected chi connectivity index (χ4v) is 2.28. The summed E-state index contributed by atoms with van der Waals surface area (Å²) in [5.41, 5.74) is 1.86. The molecule has 0 spiro atoms. The van der Waals surface area contributed by atoms with Crippen molar-refractivity contribution in [2.24, 2.45) is 0 Å². The van der Waals surface area contributed by atoms with Gasteiger partial charge in [0.05, 0.1) is 0 Å². The Morgan fingerprint density at radius 2 is 2.07 bits per heavy atom. The minimum absolute atomic E-state index is 0.479. The van der Waals surface area contributed by atoms with Gasteiger partial charge in [0, 0.05) is 17.9 Å². The lowest BCUT2D eigenvalue weighted by molar-refractivity contribution is 0.179. The third kappa shape index (κ3) is 2.57. The number of hydrogen-bond acceptors (Lipinski definition) is 2. The molecule has 0 bridgehead atoms. The highest BCUT2D eigenvalue weighted by molar-refractivity contribution is 5.10. The van der Waals surface area contributed by atoms with Gasteiger partial charge in [0.1, 0.15) is 0 Å². The predicted molar refractivity (Wildman–Crippen MR) is 62.8 cm³/mol. The van der Waals surface area contributed by atoms with E-state index in [2.05, 4.69) is 29.4 Å². The molecule has 0 aromatic carbocycles. The van der Waals surface area contributed by atoms with E-state index in [0.717, 1.165) is 13.0 Å². The monoisotopic (exact) mass is 204 g/mol. The Morgan fingerprint density at radius 3 is 2.60 bits per heavy atom. The first-order valence-corrected chi connectivity index (χ1v) is 5.99. The van der Waals surface area contributed by atoms with Crippen LogP contribution in [0.4, 0.5) is 0 Å². The summed E-state index contributed by atoms with van der Waals surface area (Å²) < 4.78 is 0. The molecule has 1 saturated carbocycles. The molecule has 1 fully saturated rings. The highest BCUT2D eigenvalue weighted by Gasteiger charge is 2.33. The molecular weight excluding hydrogens is 184 g/mol. The van der Waals surface area contributed by atoms with E-state index in [0.29, 0.717) is 5.54 Å². The Labute approximate surface area is 92.1 Å². The first kappa shape index (κ1) is 10.6. The third-order valence-corrected chi connectivity index (χ3v) is 3.65. The van der Waals surface area contributed by atoms with Crippen molar-refractivity contribution in [2.75, 3.05) is 6.54 Å². The maximum absolute atomic E-state index is 4.03. The summed E-state index contributed by atoms with van der Waals surface area (Å²) in [6, 6.07) is 4.20. The average Bonchev–Trinajstić information content (AvgIpc) is 2.24. The van der Waals surface area contributed by atoms with Crippen LogP contribution in [0.5, 0.6) is 0 Å². The number of nitrogens with one attached hydrogen (secondary N) is 1. The van der Waals surface area contributed by atoms with E-state index in [1.54, 1.807) is 0 Å². The van der Waals surface area contributed by atoms with Crippen molar-refractivity contribution in [3.8, 4) is 0 Å². The van der Waals surface area contributed by atoms with Crippen LogP contribution in [-0.4, -0.2) is 17.1 Å².